The van der Waals surface area contributed by atoms with Crippen molar-refractivity contribution in [1.29, 1.82) is 0 Å². The molecule has 0 radical (unpaired) electrons. The Bertz CT molecular complexity index is 1200. The van der Waals surface area contributed by atoms with Gasteiger partial charge in [-0.2, -0.15) is 0 Å². The van der Waals surface area contributed by atoms with Gasteiger partial charge in [-0.1, -0.05) is 24.3 Å². The molecule has 168 valence electrons. The first-order valence-corrected chi connectivity index (χ1v) is 11.2. The monoisotopic (exact) mass is 442 g/mol. The highest BCUT2D eigenvalue weighted by atomic mass is 16.5. The summed E-state index contributed by atoms with van der Waals surface area (Å²) in [6, 6.07) is 15.2. The van der Waals surface area contributed by atoms with Crippen LogP contribution in [0.4, 0.5) is 5.69 Å². The Morgan fingerprint density at radius 3 is 2.64 bits per heavy atom. The van der Waals surface area contributed by atoms with Crippen molar-refractivity contribution in [1.82, 2.24) is 15.2 Å². The van der Waals surface area contributed by atoms with Crippen molar-refractivity contribution in [3.63, 3.8) is 0 Å². The van der Waals surface area contributed by atoms with E-state index in [1.165, 1.54) is 0 Å². The van der Waals surface area contributed by atoms with Crippen LogP contribution in [-0.4, -0.2) is 61.1 Å². The van der Waals surface area contributed by atoms with Gasteiger partial charge in [0.05, 0.1) is 13.2 Å². The molecule has 3 aromatic rings. The number of ether oxygens (including phenoxy) is 1. The summed E-state index contributed by atoms with van der Waals surface area (Å²) in [5.74, 6) is -0.186. The molecule has 2 heterocycles. The van der Waals surface area contributed by atoms with Crippen LogP contribution < -0.4 is 10.6 Å². The molecule has 2 amide bonds. The minimum absolute atomic E-state index is 0.00640. The van der Waals surface area contributed by atoms with Crippen molar-refractivity contribution in [3.05, 3.63) is 83.7 Å². The molecule has 0 saturated carbocycles. The van der Waals surface area contributed by atoms with Gasteiger partial charge in [0.1, 0.15) is 0 Å². The lowest BCUT2D eigenvalue weighted by molar-refractivity contribution is -0.112. The van der Waals surface area contributed by atoms with Gasteiger partial charge in [0.2, 0.25) is 0 Å². The van der Waals surface area contributed by atoms with E-state index >= 15 is 0 Å². The molecule has 5 rings (SSSR count). The maximum atomic E-state index is 12.7. The number of morpholine rings is 1. The number of anilines is 1. The number of carbonyl (C=O) groups excluding carboxylic acids is 2. The molecule has 1 fully saturated rings. The van der Waals surface area contributed by atoms with Crippen molar-refractivity contribution in [3.8, 4) is 0 Å². The average molecular weight is 443 g/mol. The van der Waals surface area contributed by atoms with Crippen LogP contribution in [0.2, 0.25) is 0 Å². The number of fused-ring (bicyclic) bond motifs is 1. The lowest BCUT2D eigenvalue weighted by Gasteiger charge is -2.26. The Morgan fingerprint density at radius 1 is 1.00 bits per heavy atom. The zero-order valence-electron chi connectivity index (χ0n) is 18.3. The molecule has 7 heteroatoms. The van der Waals surface area contributed by atoms with E-state index in [0.717, 1.165) is 60.4 Å². The summed E-state index contributed by atoms with van der Waals surface area (Å²) in [6.45, 7) is 4.77. The molecule has 33 heavy (non-hydrogen) atoms. The fourth-order valence-corrected chi connectivity index (χ4v) is 4.08. The number of nitrogens with one attached hydrogen (secondary N) is 2. The number of nitrogens with zero attached hydrogens (tertiary/aromatic N) is 2. The number of carbonyl (C=O) groups is 2. The summed E-state index contributed by atoms with van der Waals surface area (Å²) in [6.07, 6.45) is 5.48. The summed E-state index contributed by atoms with van der Waals surface area (Å²) in [5.41, 5.74) is 3.13. The number of benzene rings is 2. The number of hydrogen-bond donors (Lipinski definition) is 2. The Kier molecular flexibility index (Phi) is 6.15. The Balaban J connectivity index is 1.12. The van der Waals surface area contributed by atoms with Crippen LogP contribution in [0.1, 0.15) is 21.8 Å². The van der Waals surface area contributed by atoms with Gasteiger partial charge in [0.25, 0.3) is 11.8 Å². The molecule has 0 bridgehead atoms. The van der Waals surface area contributed by atoms with Crippen molar-refractivity contribution in [2.45, 2.75) is 5.92 Å². The van der Waals surface area contributed by atoms with E-state index in [4.69, 9.17) is 4.74 Å². The summed E-state index contributed by atoms with van der Waals surface area (Å²) >= 11 is 0. The second-order valence-corrected chi connectivity index (χ2v) is 8.32. The minimum Gasteiger partial charge on any atom is -0.379 e. The third kappa shape index (κ3) is 5.10. The molecule has 7 nitrogen and oxygen atoms in total. The van der Waals surface area contributed by atoms with Crippen LogP contribution in [-0.2, 0) is 9.53 Å². The topological polar surface area (TPSA) is 83.6 Å². The number of pyridine rings is 1. The fraction of sp³-hybridized carbons (Fsp3) is 0.269. The molecule has 0 unspecified atom stereocenters. The van der Waals surface area contributed by atoms with Crippen LogP contribution in [0.3, 0.4) is 0 Å². The molecule has 1 aromatic heterocycles. The minimum atomic E-state index is -0.0988. The van der Waals surface area contributed by atoms with Crippen LogP contribution in [0.5, 0.6) is 0 Å². The highest BCUT2D eigenvalue weighted by molar-refractivity contribution is 6.09. The normalized spacial score (nSPS) is 17.9. The van der Waals surface area contributed by atoms with E-state index in [2.05, 4.69) is 20.5 Å². The van der Waals surface area contributed by atoms with E-state index < -0.39 is 0 Å². The first kappa shape index (κ1) is 21.3. The van der Waals surface area contributed by atoms with Crippen molar-refractivity contribution in [2.24, 2.45) is 0 Å². The standard InChI is InChI=1S/C26H26N4O3/c31-25(28-9-10-30-11-13-33-14-12-30)19-3-1-18(2-4-19)23-16-24(23)26(32)29-22-6-5-21-17-27-8-7-20(21)15-22/h1-8,15-17,23H,9-14H2,(H,28,31)(H,29,32)/t23-/m0/s1. The Labute approximate surface area is 192 Å². The highest BCUT2D eigenvalue weighted by Gasteiger charge is 2.32. The third-order valence-electron chi connectivity index (χ3n) is 6.08. The predicted octanol–water partition coefficient (Wildman–Crippen LogP) is 2.96. The van der Waals surface area contributed by atoms with E-state index in [0.29, 0.717) is 12.1 Å². The van der Waals surface area contributed by atoms with Gasteiger partial charge in [-0.25, -0.2) is 0 Å². The number of allylic oxidation sites excluding steroid dienone is 1. The molecule has 2 aromatic carbocycles. The van der Waals surface area contributed by atoms with Gasteiger partial charge in [0, 0.05) is 66.7 Å². The fourth-order valence-electron chi connectivity index (χ4n) is 4.08. The second-order valence-electron chi connectivity index (χ2n) is 8.32. The summed E-state index contributed by atoms with van der Waals surface area (Å²) in [5, 5.41) is 8.01. The van der Waals surface area contributed by atoms with Crippen molar-refractivity contribution >= 4 is 28.3 Å². The lowest BCUT2D eigenvalue weighted by atomic mass is 10.0. The van der Waals surface area contributed by atoms with Gasteiger partial charge >= 0.3 is 0 Å². The SMILES string of the molecule is O=C(Nc1ccc2cnccc2c1)C1=C[C@H]1c1ccc(C(=O)NCCN2CCOCC2)cc1. The average Bonchev–Trinajstić information content (AvgIpc) is 3.66. The van der Waals surface area contributed by atoms with Crippen molar-refractivity contribution in [2.75, 3.05) is 44.7 Å². The molecule has 2 N–H and O–H groups in total. The molecular weight excluding hydrogens is 416 g/mol. The van der Waals surface area contributed by atoms with Gasteiger partial charge in [-0.05, 0) is 41.3 Å². The van der Waals surface area contributed by atoms with Crippen LogP contribution in [0, 0.1) is 0 Å². The van der Waals surface area contributed by atoms with Gasteiger partial charge < -0.3 is 15.4 Å². The van der Waals surface area contributed by atoms with Gasteiger partial charge in [-0.3, -0.25) is 19.5 Å². The summed E-state index contributed by atoms with van der Waals surface area (Å²) < 4.78 is 5.34. The zero-order chi connectivity index (χ0) is 22.6. The number of aromatic nitrogens is 1. The largest absolute Gasteiger partial charge is 0.379 e. The van der Waals surface area contributed by atoms with Crippen LogP contribution in [0.25, 0.3) is 10.8 Å². The highest BCUT2D eigenvalue weighted by Crippen LogP contribution is 2.40. The molecule has 1 aliphatic carbocycles. The Hall–Kier alpha value is -3.55. The second kappa shape index (κ2) is 9.52. The molecule has 1 atom stereocenters. The number of hydrogen-bond acceptors (Lipinski definition) is 5. The summed E-state index contributed by atoms with van der Waals surface area (Å²) in [4.78, 5) is 31.5. The zero-order valence-corrected chi connectivity index (χ0v) is 18.3. The van der Waals surface area contributed by atoms with E-state index in [1.54, 1.807) is 12.4 Å². The van der Waals surface area contributed by atoms with Gasteiger partial charge in [-0.15, -0.1) is 0 Å². The molecule has 1 saturated heterocycles. The van der Waals surface area contributed by atoms with E-state index in [-0.39, 0.29) is 17.7 Å². The smallest absolute Gasteiger partial charge is 0.252 e. The van der Waals surface area contributed by atoms with E-state index in [1.807, 2.05) is 54.6 Å². The quantitative estimate of drug-likeness (QED) is 0.588. The predicted molar refractivity (Wildman–Crippen MR) is 127 cm³/mol. The molecular formula is C26H26N4O3. The maximum absolute atomic E-state index is 12.7. The lowest BCUT2D eigenvalue weighted by Crippen LogP contribution is -2.41. The van der Waals surface area contributed by atoms with E-state index in [9.17, 15) is 9.59 Å². The first-order chi connectivity index (χ1) is 16.2. The molecule has 2 aliphatic rings. The Morgan fingerprint density at radius 2 is 1.82 bits per heavy atom. The molecule has 0 spiro atoms. The van der Waals surface area contributed by atoms with Crippen LogP contribution >= 0.6 is 0 Å². The summed E-state index contributed by atoms with van der Waals surface area (Å²) in [7, 11) is 0. The van der Waals surface area contributed by atoms with Crippen molar-refractivity contribution < 1.29 is 14.3 Å². The number of rotatable bonds is 7. The maximum Gasteiger partial charge on any atom is 0.252 e. The molecule has 1 aliphatic heterocycles. The van der Waals surface area contributed by atoms with Crippen LogP contribution in [0.15, 0.2) is 72.6 Å². The van der Waals surface area contributed by atoms with Gasteiger partial charge in [0.15, 0.2) is 0 Å². The number of amides is 2. The first-order valence-electron chi connectivity index (χ1n) is 11.2. The third-order valence-corrected chi connectivity index (χ3v) is 6.08.